The van der Waals surface area contributed by atoms with Crippen LogP contribution in [0.25, 0.3) is 0 Å². The minimum Gasteiger partial charge on any atom is -0.299 e. The third-order valence-electron chi connectivity index (χ3n) is 3.91. The number of rotatable bonds is 4. The van der Waals surface area contributed by atoms with Crippen LogP contribution in [-0.4, -0.2) is 49.1 Å². The predicted octanol–water partition coefficient (Wildman–Crippen LogP) is 2.23. The highest BCUT2D eigenvalue weighted by Crippen LogP contribution is 2.15. The second-order valence-corrected chi connectivity index (χ2v) is 5.78. The maximum absolute atomic E-state index is 2.56. The molecule has 0 aromatic heterocycles. The van der Waals surface area contributed by atoms with Gasteiger partial charge in [0.15, 0.2) is 0 Å². The molecule has 2 unspecified atom stereocenters. The van der Waals surface area contributed by atoms with Crippen LogP contribution in [0.1, 0.15) is 26.7 Å². The van der Waals surface area contributed by atoms with E-state index in [2.05, 4.69) is 35.8 Å². The van der Waals surface area contributed by atoms with Gasteiger partial charge in [0.05, 0.1) is 0 Å². The number of nitrogens with zero attached hydrogens (tertiary/aromatic N) is 2. The van der Waals surface area contributed by atoms with Gasteiger partial charge in [-0.2, -0.15) is 0 Å². The molecule has 2 rings (SSSR count). The van der Waals surface area contributed by atoms with Crippen LogP contribution in [0.15, 0.2) is 12.2 Å². The fourth-order valence-electron chi connectivity index (χ4n) is 2.83. The first-order valence-corrected chi connectivity index (χ1v) is 6.83. The van der Waals surface area contributed by atoms with Gasteiger partial charge in [-0.05, 0) is 37.8 Å². The van der Waals surface area contributed by atoms with Crippen molar-refractivity contribution in [1.82, 2.24) is 9.80 Å². The topological polar surface area (TPSA) is 6.48 Å². The summed E-state index contributed by atoms with van der Waals surface area (Å²) in [4.78, 5) is 5.13. The van der Waals surface area contributed by atoms with Crippen LogP contribution < -0.4 is 0 Å². The molecule has 0 aromatic carbocycles. The van der Waals surface area contributed by atoms with Gasteiger partial charge < -0.3 is 0 Å². The first kappa shape index (κ1) is 12.1. The zero-order valence-electron chi connectivity index (χ0n) is 10.9. The highest BCUT2D eigenvalue weighted by molar-refractivity contribution is 4.90. The Morgan fingerprint density at radius 3 is 1.62 bits per heavy atom. The van der Waals surface area contributed by atoms with Crippen LogP contribution in [0.5, 0.6) is 0 Å². The Morgan fingerprint density at radius 1 is 0.875 bits per heavy atom. The highest BCUT2D eigenvalue weighted by Gasteiger charge is 2.18. The Bertz CT molecular complexity index is 213. The third-order valence-corrected chi connectivity index (χ3v) is 3.91. The van der Waals surface area contributed by atoms with Crippen LogP contribution in [0.2, 0.25) is 0 Å². The van der Waals surface area contributed by atoms with E-state index < -0.39 is 0 Å². The van der Waals surface area contributed by atoms with Gasteiger partial charge in [-0.1, -0.05) is 26.0 Å². The van der Waals surface area contributed by atoms with Crippen molar-refractivity contribution < 1.29 is 0 Å². The summed E-state index contributed by atoms with van der Waals surface area (Å²) in [6.07, 6.45) is 7.50. The number of hydrogen-bond acceptors (Lipinski definition) is 2. The second-order valence-electron chi connectivity index (χ2n) is 5.78. The molecule has 2 nitrogen and oxygen atoms in total. The van der Waals surface area contributed by atoms with E-state index in [1.54, 1.807) is 0 Å². The van der Waals surface area contributed by atoms with Crippen molar-refractivity contribution in [2.75, 3.05) is 39.3 Å². The van der Waals surface area contributed by atoms with E-state index in [1.807, 2.05) is 0 Å². The zero-order valence-corrected chi connectivity index (χ0v) is 10.9. The molecule has 2 fully saturated rings. The summed E-state index contributed by atoms with van der Waals surface area (Å²) in [5.41, 5.74) is 0. The van der Waals surface area contributed by atoms with E-state index in [0.717, 1.165) is 24.9 Å². The SMILES string of the molecule is CC1CCN(C/C=C/CN2CCC(C)C2)C1. The van der Waals surface area contributed by atoms with Crippen LogP contribution in [0.4, 0.5) is 0 Å². The number of hydrogen-bond donors (Lipinski definition) is 0. The first-order valence-electron chi connectivity index (χ1n) is 6.83. The molecule has 2 atom stereocenters. The Hall–Kier alpha value is -0.340. The fraction of sp³-hybridized carbons (Fsp3) is 0.857. The van der Waals surface area contributed by atoms with E-state index in [1.165, 1.54) is 39.0 Å². The summed E-state index contributed by atoms with van der Waals surface area (Å²) in [7, 11) is 0. The van der Waals surface area contributed by atoms with Gasteiger partial charge in [0.25, 0.3) is 0 Å². The van der Waals surface area contributed by atoms with E-state index >= 15 is 0 Å². The first-order chi connectivity index (χ1) is 7.74. The third kappa shape index (κ3) is 3.60. The molecule has 0 bridgehead atoms. The van der Waals surface area contributed by atoms with Crippen LogP contribution >= 0.6 is 0 Å². The van der Waals surface area contributed by atoms with Gasteiger partial charge in [0.2, 0.25) is 0 Å². The molecule has 2 heterocycles. The Kier molecular flexibility index (Phi) is 4.42. The molecule has 2 saturated heterocycles. The van der Waals surface area contributed by atoms with Crippen molar-refractivity contribution >= 4 is 0 Å². The van der Waals surface area contributed by atoms with E-state index in [4.69, 9.17) is 0 Å². The molecule has 0 N–H and O–H groups in total. The van der Waals surface area contributed by atoms with Crippen molar-refractivity contribution in [2.45, 2.75) is 26.7 Å². The Labute approximate surface area is 100 Å². The summed E-state index contributed by atoms with van der Waals surface area (Å²) in [6.45, 7) is 12.2. The lowest BCUT2D eigenvalue weighted by Crippen LogP contribution is -2.22. The Balaban J connectivity index is 1.59. The maximum Gasteiger partial charge on any atom is 0.0163 e. The quantitative estimate of drug-likeness (QED) is 0.673. The van der Waals surface area contributed by atoms with E-state index in [-0.39, 0.29) is 0 Å². The van der Waals surface area contributed by atoms with Gasteiger partial charge in [-0.3, -0.25) is 9.80 Å². The van der Waals surface area contributed by atoms with Crippen LogP contribution in [0, 0.1) is 11.8 Å². The summed E-state index contributed by atoms with van der Waals surface area (Å²) in [5, 5.41) is 0. The fourth-order valence-corrected chi connectivity index (χ4v) is 2.83. The van der Waals surface area contributed by atoms with Gasteiger partial charge in [0, 0.05) is 26.2 Å². The van der Waals surface area contributed by atoms with Crippen molar-refractivity contribution in [3.8, 4) is 0 Å². The molecule has 2 aliphatic rings. The van der Waals surface area contributed by atoms with Crippen LogP contribution in [0.3, 0.4) is 0 Å². The molecule has 0 saturated carbocycles. The monoisotopic (exact) mass is 222 g/mol. The molecular weight excluding hydrogens is 196 g/mol. The average molecular weight is 222 g/mol. The van der Waals surface area contributed by atoms with Crippen molar-refractivity contribution in [2.24, 2.45) is 11.8 Å². The molecule has 16 heavy (non-hydrogen) atoms. The standard InChI is InChI=1S/C14H26N2/c1-13-5-9-15(11-13)7-3-4-8-16-10-6-14(2)12-16/h3-4,13-14H,5-12H2,1-2H3/b4-3+. The van der Waals surface area contributed by atoms with Gasteiger partial charge >= 0.3 is 0 Å². The molecular formula is C14H26N2. The number of likely N-dealkylation sites (tertiary alicyclic amines) is 2. The van der Waals surface area contributed by atoms with Gasteiger partial charge in [-0.15, -0.1) is 0 Å². The molecule has 92 valence electrons. The molecule has 2 heteroatoms. The van der Waals surface area contributed by atoms with E-state index in [9.17, 15) is 0 Å². The summed E-state index contributed by atoms with van der Waals surface area (Å²) in [5.74, 6) is 1.82. The second kappa shape index (κ2) is 5.83. The van der Waals surface area contributed by atoms with Crippen molar-refractivity contribution in [3.05, 3.63) is 12.2 Å². The highest BCUT2D eigenvalue weighted by atomic mass is 15.1. The summed E-state index contributed by atoms with van der Waals surface area (Å²) >= 11 is 0. The average Bonchev–Trinajstić information content (AvgIpc) is 2.83. The minimum absolute atomic E-state index is 0.910. The lowest BCUT2D eigenvalue weighted by atomic mass is 10.2. The molecule has 0 amide bonds. The molecule has 2 aliphatic heterocycles. The van der Waals surface area contributed by atoms with E-state index in [0.29, 0.717) is 0 Å². The summed E-state index contributed by atoms with van der Waals surface area (Å²) in [6, 6.07) is 0. The Morgan fingerprint density at radius 2 is 1.31 bits per heavy atom. The predicted molar refractivity (Wildman–Crippen MR) is 69.6 cm³/mol. The largest absolute Gasteiger partial charge is 0.299 e. The molecule has 0 spiro atoms. The minimum atomic E-state index is 0.910. The van der Waals surface area contributed by atoms with Crippen LogP contribution in [-0.2, 0) is 0 Å². The normalized spacial score (nSPS) is 33.1. The molecule has 0 aliphatic carbocycles. The summed E-state index contributed by atoms with van der Waals surface area (Å²) < 4.78 is 0. The maximum atomic E-state index is 2.56. The van der Waals surface area contributed by atoms with Crippen molar-refractivity contribution in [1.29, 1.82) is 0 Å². The lowest BCUT2D eigenvalue weighted by molar-refractivity contribution is 0.354. The lowest BCUT2D eigenvalue weighted by Gasteiger charge is -2.14. The smallest absolute Gasteiger partial charge is 0.0163 e. The van der Waals surface area contributed by atoms with Crippen molar-refractivity contribution in [3.63, 3.8) is 0 Å². The molecule has 0 aromatic rings. The van der Waals surface area contributed by atoms with Gasteiger partial charge in [0.1, 0.15) is 0 Å². The van der Waals surface area contributed by atoms with Gasteiger partial charge in [-0.25, -0.2) is 0 Å². The zero-order chi connectivity index (χ0) is 11.4. The molecule has 0 radical (unpaired) electrons.